The molecule has 0 saturated carbocycles. The van der Waals surface area contributed by atoms with E-state index in [1.165, 1.54) is 0 Å². The minimum Gasteiger partial charge on any atom is -0.424 e. The van der Waals surface area contributed by atoms with Crippen molar-refractivity contribution in [2.24, 2.45) is 10.9 Å². The van der Waals surface area contributed by atoms with Gasteiger partial charge in [-0.25, -0.2) is 4.98 Å². The highest BCUT2D eigenvalue weighted by atomic mass is 16.5. The van der Waals surface area contributed by atoms with Gasteiger partial charge in [-0.2, -0.15) is 4.98 Å². The smallest absolute Gasteiger partial charge is 0.322 e. The Morgan fingerprint density at radius 1 is 1.33 bits per heavy atom. The molecule has 7 nitrogen and oxygen atoms in total. The summed E-state index contributed by atoms with van der Waals surface area (Å²) in [5, 5.41) is 11.6. The molecule has 2 rings (SSSR count). The molecule has 7 heteroatoms. The first-order valence-corrected chi connectivity index (χ1v) is 6.21. The molecule has 0 aliphatic heterocycles. The first kappa shape index (κ1) is 14.7. The van der Waals surface area contributed by atoms with Crippen LogP contribution in [0.15, 0.2) is 35.5 Å². The second kappa shape index (κ2) is 6.67. The molecule has 0 unspecified atom stereocenters. The van der Waals surface area contributed by atoms with Gasteiger partial charge in [0.2, 0.25) is 0 Å². The van der Waals surface area contributed by atoms with Crippen LogP contribution in [0.3, 0.4) is 0 Å². The van der Waals surface area contributed by atoms with Crippen molar-refractivity contribution in [3.8, 4) is 11.8 Å². The molecular formula is C14H16N4O3. The van der Waals surface area contributed by atoms with Crippen LogP contribution in [-0.4, -0.2) is 28.1 Å². The van der Waals surface area contributed by atoms with Crippen molar-refractivity contribution in [1.82, 2.24) is 9.97 Å². The molecule has 0 fully saturated rings. The monoisotopic (exact) mass is 288 g/mol. The lowest BCUT2D eigenvalue weighted by atomic mass is 10.2. The lowest BCUT2D eigenvalue weighted by molar-refractivity contribution is 0.184. The lowest BCUT2D eigenvalue weighted by Crippen LogP contribution is -2.16. The van der Waals surface area contributed by atoms with Crippen LogP contribution in [0.25, 0.3) is 0 Å². The van der Waals surface area contributed by atoms with E-state index >= 15 is 0 Å². The van der Waals surface area contributed by atoms with E-state index < -0.39 is 0 Å². The zero-order chi connectivity index (χ0) is 15.2. The summed E-state index contributed by atoms with van der Waals surface area (Å²) in [7, 11) is 1.63. The molecule has 1 aromatic carbocycles. The predicted molar refractivity (Wildman–Crippen MR) is 76.5 cm³/mol. The van der Waals surface area contributed by atoms with Crippen LogP contribution in [0.4, 0.5) is 0 Å². The standard InChI is InChI=1S/C14H16N4O3/c1-9-6-12(13(15)18-19)17-14(16-9)21-11-5-3-4-10(7-11)8-20-2/h3-7,19H,8H2,1-2H3,(H2,15,18). The van der Waals surface area contributed by atoms with Crippen molar-refractivity contribution >= 4 is 5.84 Å². The average Bonchev–Trinajstić information content (AvgIpc) is 2.46. The van der Waals surface area contributed by atoms with Crippen molar-refractivity contribution in [3.63, 3.8) is 0 Å². The second-order valence-electron chi connectivity index (χ2n) is 4.34. The third kappa shape index (κ3) is 3.90. The topological polar surface area (TPSA) is 103 Å². The van der Waals surface area contributed by atoms with Gasteiger partial charge in [0.1, 0.15) is 11.4 Å². The SMILES string of the molecule is COCc1cccc(Oc2nc(C)cc(/C(N)=N/O)n2)c1. The lowest BCUT2D eigenvalue weighted by Gasteiger charge is -2.08. The van der Waals surface area contributed by atoms with Crippen LogP contribution in [0, 0.1) is 6.92 Å². The van der Waals surface area contributed by atoms with E-state index in [0.29, 0.717) is 23.7 Å². The van der Waals surface area contributed by atoms with Crippen molar-refractivity contribution in [2.75, 3.05) is 7.11 Å². The fraction of sp³-hybridized carbons (Fsp3) is 0.214. The van der Waals surface area contributed by atoms with Crippen molar-refractivity contribution in [1.29, 1.82) is 0 Å². The summed E-state index contributed by atoms with van der Waals surface area (Å²) in [6.45, 7) is 2.26. The summed E-state index contributed by atoms with van der Waals surface area (Å²) in [5.41, 5.74) is 7.45. The highest BCUT2D eigenvalue weighted by Crippen LogP contribution is 2.20. The van der Waals surface area contributed by atoms with Gasteiger partial charge in [0.15, 0.2) is 5.84 Å². The number of ether oxygens (including phenoxy) is 2. The largest absolute Gasteiger partial charge is 0.424 e. The summed E-state index contributed by atoms with van der Waals surface area (Å²) < 4.78 is 10.7. The summed E-state index contributed by atoms with van der Waals surface area (Å²) in [6.07, 6.45) is 0. The maximum atomic E-state index is 8.70. The maximum Gasteiger partial charge on any atom is 0.322 e. The molecule has 110 valence electrons. The number of nitrogens with zero attached hydrogens (tertiary/aromatic N) is 3. The molecular weight excluding hydrogens is 272 g/mol. The summed E-state index contributed by atoms with van der Waals surface area (Å²) in [5.74, 6) is 0.485. The van der Waals surface area contributed by atoms with Gasteiger partial charge in [0, 0.05) is 12.8 Å². The molecule has 0 amide bonds. The molecule has 21 heavy (non-hydrogen) atoms. The molecule has 0 bridgehead atoms. The van der Waals surface area contributed by atoms with Crippen LogP contribution >= 0.6 is 0 Å². The van der Waals surface area contributed by atoms with Gasteiger partial charge >= 0.3 is 6.01 Å². The van der Waals surface area contributed by atoms with Gasteiger partial charge in [0.25, 0.3) is 0 Å². The minimum absolute atomic E-state index is 0.0986. The number of hydrogen-bond acceptors (Lipinski definition) is 6. The Balaban J connectivity index is 2.27. The Kier molecular flexibility index (Phi) is 4.68. The van der Waals surface area contributed by atoms with E-state index in [2.05, 4.69) is 15.1 Å². The van der Waals surface area contributed by atoms with Crippen LogP contribution in [0.1, 0.15) is 17.0 Å². The Morgan fingerprint density at radius 3 is 2.86 bits per heavy atom. The van der Waals surface area contributed by atoms with Crippen molar-refractivity contribution < 1.29 is 14.7 Å². The third-order valence-electron chi connectivity index (χ3n) is 2.62. The van der Waals surface area contributed by atoms with E-state index in [1.54, 1.807) is 26.2 Å². The molecule has 0 aliphatic carbocycles. The molecule has 0 spiro atoms. The van der Waals surface area contributed by atoms with Crippen LogP contribution in [0.5, 0.6) is 11.8 Å². The molecule has 3 N–H and O–H groups in total. The molecule has 0 saturated heterocycles. The number of nitrogens with two attached hydrogens (primary N) is 1. The fourth-order valence-electron chi connectivity index (χ4n) is 1.74. The molecule has 0 radical (unpaired) electrons. The maximum absolute atomic E-state index is 8.70. The number of oxime groups is 1. The number of hydrogen-bond donors (Lipinski definition) is 2. The van der Waals surface area contributed by atoms with Gasteiger partial charge in [0.05, 0.1) is 6.61 Å². The Morgan fingerprint density at radius 2 is 2.14 bits per heavy atom. The number of benzene rings is 1. The van der Waals surface area contributed by atoms with E-state index in [9.17, 15) is 0 Å². The van der Waals surface area contributed by atoms with Gasteiger partial charge in [-0.15, -0.1) is 0 Å². The van der Waals surface area contributed by atoms with Crippen LogP contribution in [-0.2, 0) is 11.3 Å². The zero-order valence-electron chi connectivity index (χ0n) is 11.8. The van der Waals surface area contributed by atoms with Crippen molar-refractivity contribution in [3.05, 3.63) is 47.3 Å². The van der Waals surface area contributed by atoms with E-state index in [-0.39, 0.29) is 11.8 Å². The summed E-state index contributed by atoms with van der Waals surface area (Å²) in [6, 6.07) is 9.13. The quantitative estimate of drug-likeness (QED) is 0.376. The highest BCUT2D eigenvalue weighted by Gasteiger charge is 2.08. The Labute approximate surface area is 122 Å². The molecule has 0 aliphatic rings. The van der Waals surface area contributed by atoms with Crippen LogP contribution in [0.2, 0.25) is 0 Å². The van der Waals surface area contributed by atoms with Gasteiger partial charge in [-0.3, -0.25) is 0 Å². The number of amidine groups is 1. The first-order chi connectivity index (χ1) is 10.1. The summed E-state index contributed by atoms with van der Waals surface area (Å²) >= 11 is 0. The average molecular weight is 288 g/mol. The van der Waals surface area contributed by atoms with E-state index in [0.717, 1.165) is 5.56 Å². The van der Waals surface area contributed by atoms with Gasteiger partial charge < -0.3 is 20.4 Å². The first-order valence-electron chi connectivity index (χ1n) is 6.21. The van der Waals surface area contributed by atoms with Gasteiger partial charge in [-0.05, 0) is 30.7 Å². The van der Waals surface area contributed by atoms with Gasteiger partial charge in [-0.1, -0.05) is 17.3 Å². The number of aryl methyl sites for hydroxylation is 1. The number of methoxy groups -OCH3 is 1. The summed E-state index contributed by atoms with van der Waals surface area (Å²) in [4.78, 5) is 8.26. The second-order valence-corrected chi connectivity index (χ2v) is 4.34. The van der Waals surface area contributed by atoms with Crippen molar-refractivity contribution in [2.45, 2.75) is 13.5 Å². The third-order valence-corrected chi connectivity index (χ3v) is 2.62. The normalized spacial score (nSPS) is 11.4. The zero-order valence-corrected chi connectivity index (χ0v) is 11.8. The minimum atomic E-state index is -0.0986. The highest BCUT2D eigenvalue weighted by molar-refractivity contribution is 5.95. The number of aromatic nitrogens is 2. The van der Waals surface area contributed by atoms with E-state index in [1.807, 2.05) is 18.2 Å². The van der Waals surface area contributed by atoms with E-state index in [4.69, 9.17) is 20.4 Å². The Hall–Kier alpha value is -2.67. The molecule has 2 aromatic rings. The fourth-order valence-corrected chi connectivity index (χ4v) is 1.74. The van der Waals surface area contributed by atoms with Crippen LogP contribution < -0.4 is 10.5 Å². The molecule has 0 atom stereocenters. The Bertz CT molecular complexity index is 658. The molecule has 1 aromatic heterocycles. The predicted octanol–water partition coefficient (Wildman–Crippen LogP) is 1.82. The molecule has 1 heterocycles. The number of rotatable bonds is 5.